The van der Waals surface area contributed by atoms with Crippen LogP contribution in [0, 0.1) is 6.92 Å². The summed E-state index contributed by atoms with van der Waals surface area (Å²) in [6.45, 7) is 3.72. The standard InChI is InChI=1S/C7H7.OS/c1-7-5-3-2-4-6-7;1-2/h2-6H,1H2;. The lowest BCUT2D eigenvalue weighted by Gasteiger charge is -1.82. The quantitative estimate of drug-likeness (QED) is 0.542. The van der Waals surface area contributed by atoms with Crippen molar-refractivity contribution in [2.45, 2.75) is 0 Å². The molecule has 0 fully saturated rings. The van der Waals surface area contributed by atoms with Crippen LogP contribution in [0.5, 0.6) is 0 Å². The summed E-state index contributed by atoms with van der Waals surface area (Å²) in [5.41, 5.74) is 1.07. The van der Waals surface area contributed by atoms with E-state index in [4.69, 9.17) is 4.21 Å². The van der Waals surface area contributed by atoms with Gasteiger partial charge in [-0.2, -0.15) is 4.21 Å². The molecule has 0 aliphatic heterocycles. The molecule has 0 atom stereocenters. The molecule has 2 heteroatoms. The van der Waals surface area contributed by atoms with Crippen molar-refractivity contribution in [2.24, 2.45) is 0 Å². The Hall–Kier alpha value is -0.760. The van der Waals surface area contributed by atoms with Crippen molar-refractivity contribution >= 4 is 12.5 Å². The maximum absolute atomic E-state index is 7.83. The summed E-state index contributed by atoms with van der Waals surface area (Å²) < 4.78 is 7.83. The van der Waals surface area contributed by atoms with Gasteiger partial charge in [-0.25, -0.2) is 0 Å². The third kappa shape index (κ3) is 3.79. The first-order valence-electron chi connectivity index (χ1n) is 2.43. The Bertz CT molecular complexity index is 150. The van der Waals surface area contributed by atoms with Crippen LogP contribution >= 0.6 is 0 Å². The first-order valence-corrected chi connectivity index (χ1v) is 2.76. The minimum atomic E-state index is 1.07. The van der Waals surface area contributed by atoms with Gasteiger partial charge in [0.2, 0.25) is 0 Å². The van der Waals surface area contributed by atoms with E-state index in [1.165, 1.54) is 0 Å². The predicted octanol–water partition coefficient (Wildman–Crippen LogP) is 1.53. The molecule has 0 spiro atoms. The Morgan fingerprint density at radius 1 is 1.11 bits per heavy atom. The molecule has 0 saturated heterocycles. The Morgan fingerprint density at radius 2 is 1.56 bits per heavy atom. The van der Waals surface area contributed by atoms with Gasteiger partial charge in [0.05, 0.1) is 0 Å². The van der Waals surface area contributed by atoms with Crippen molar-refractivity contribution in [3.8, 4) is 0 Å². The summed E-state index contributed by atoms with van der Waals surface area (Å²) in [5.74, 6) is 0. The molecule has 0 amide bonds. The van der Waals surface area contributed by atoms with E-state index in [0.717, 1.165) is 5.56 Å². The number of hydrogen-bond donors (Lipinski definition) is 0. The minimum Gasteiger partial charge on any atom is -0.197 e. The first kappa shape index (κ1) is 8.24. The summed E-state index contributed by atoms with van der Waals surface area (Å²) in [6.07, 6.45) is 0. The van der Waals surface area contributed by atoms with Gasteiger partial charge >= 0.3 is 0 Å². The fourth-order valence-corrected chi connectivity index (χ4v) is 0.478. The molecule has 0 unspecified atom stereocenters. The smallest absolute Gasteiger partial charge is 0.197 e. The first-order chi connectivity index (χ1) is 4.39. The number of benzene rings is 1. The van der Waals surface area contributed by atoms with Crippen molar-refractivity contribution in [1.29, 1.82) is 0 Å². The highest BCUT2D eigenvalue weighted by Crippen LogP contribution is 1.92. The molecule has 0 aliphatic carbocycles. The molecular formula is C7H7OS. The Balaban J connectivity index is 0.000000291. The van der Waals surface area contributed by atoms with Crippen molar-refractivity contribution in [1.82, 2.24) is 0 Å². The molecule has 0 bridgehead atoms. The molecule has 1 rings (SSSR count). The zero-order valence-electron chi connectivity index (χ0n) is 4.91. The van der Waals surface area contributed by atoms with Crippen LogP contribution in [0.1, 0.15) is 5.56 Å². The summed E-state index contributed by atoms with van der Waals surface area (Å²) >= 11 is 2.83. The maximum Gasteiger partial charge on any atom is 0.197 e. The third-order valence-corrected chi connectivity index (χ3v) is 0.843. The van der Waals surface area contributed by atoms with Crippen molar-refractivity contribution in [2.75, 3.05) is 0 Å². The predicted molar refractivity (Wildman–Crippen MR) is 39.0 cm³/mol. The van der Waals surface area contributed by atoms with Crippen molar-refractivity contribution in [3.05, 3.63) is 42.8 Å². The van der Waals surface area contributed by atoms with E-state index >= 15 is 0 Å². The Morgan fingerprint density at radius 3 is 1.78 bits per heavy atom. The molecule has 1 nitrogen and oxygen atoms in total. The van der Waals surface area contributed by atoms with Crippen LogP contribution in [0.3, 0.4) is 0 Å². The number of hydrogen-bond acceptors (Lipinski definition) is 2. The van der Waals surface area contributed by atoms with Crippen LogP contribution in [0.25, 0.3) is 0 Å². The average molecular weight is 139 g/mol. The summed E-state index contributed by atoms with van der Waals surface area (Å²) in [4.78, 5) is 0. The molecule has 0 saturated carbocycles. The highest BCUT2D eigenvalue weighted by molar-refractivity contribution is 7.44. The molecule has 0 aromatic heterocycles. The zero-order valence-corrected chi connectivity index (χ0v) is 5.73. The molecule has 0 N–H and O–H groups in total. The van der Waals surface area contributed by atoms with E-state index in [-0.39, 0.29) is 0 Å². The van der Waals surface area contributed by atoms with Crippen LogP contribution in [-0.4, -0.2) is 4.21 Å². The molecule has 0 heterocycles. The van der Waals surface area contributed by atoms with E-state index in [1.54, 1.807) is 0 Å². The third-order valence-electron chi connectivity index (χ3n) is 0.843. The lowest BCUT2D eigenvalue weighted by Crippen LogP contribution is -1.62. The topological polar surface area (TPSA) is 17.1 Å². The van der Waals surface area contributed by atoms with Gasteiger partial charge in [0.1, 0.15) is 0 Å². The van der Waals surface area contributed by atoms with Gasteiger partial charge in [-0.1, -0.05) is 30.3 Å². The van der Waals surface area contributed by atoms with Crippen LogP contribution in [0.4, 0.5) is 0 Å². The Labute approximate surface area is 60.2 Å². The minimum absolute atomic E-state index is 1.07. The number of rotatable bonds is 0. The van der Waals surface area contributed by atoms with E-state index in [1.807, 2.05) is 30.3 Å². The van der Waals surface area contributed by atoms with Gasteiger partial charge in [0, 0.05) is 0 Å². The second-order valence-electron chi connectivity index (χ2n) is 1.49. The molecule has 1 aromatic rings. The lowest BCUT2D eigenvalue weighted by atomic mass is 10.2. The van der Waals surface area contributed by atoms with Gasteiger partial charge in [0.25, 0.3) is 0 Å². The van der Waals surface area contributed by atoms with Crippen molar-refractivity contribution < 1.29 is 4.21 Å². The highest BCUT2D eigenvalue weighted by Gasteiger charge is 1.72. The van der Waals surface area contributed by atoms with Crippen LogP contribution in [0.15, 0.2) is 30.3 Å². The Kier molecular flexibility index (Phi) is 4.92. The molecule has 1 aromatic carbocycles. The fourth-order valence-electron chi connectivity index (χ4n) is 0.478. The lowest BCUT2D eigenvalue weighted by molar-refractivity contribution is 0.702. The SMILES string of the molecule is O=S.[CH2]c1ccccc1. The van der Waals surface area contributed by atoms with E-state index in [2.05, 4.69) is 19.5 Å². The molecule has 9 heavy (non-hydrogen) atoms. The molecular weight excluding hydrogens is 132 g/mol. The van der Waals surface area contributed by atoms with Crippen LogP contribution in [0.2, 0.25) is 0 Å². The monoisotopic (exact) mass is 139 g/mol. The van der Waals surface area contributed by atoms with Crippen LogP contribution in [-0.2, 0) is 12.5 Å². The average Bonchev–Trinajstić information content (AvgIpc) is 1.94. The van der Waals surface area contributed by atoms with E-state index < -0.39 is 0 Å². The second-order valence-corrected chi connectivity index (χ2v) is 1.49. The van der Waals surface area contributed by atoms with Crippen LogP contribution < -0.4 is 0 Å². The van der Waals surface area contributed by atoms with Gasteiger partial charge in [-0.05, 0) is 12.5 Å². The fraction of sp³-hybridized carbons (Fsp3) is 0. The van der Waals surface area contributed by atoms with E-state index in [9.17, 15) is 0 Å². The van der Waals surface area contributed by atoms with Gasteiger partial charge in [0.15, 0.2) is 12.5 Å². The largest absolute Gasteiger partial charge is 0.197 e. The summed E-state index contributed by atoms with van der Waals surface area (Å²) in [6, 6.07) is 9.87. The molecule has 47 valence electrons. The second kappa shape index (κ2) is 5.38. The zero-order chi connectivity index (χ0) is 7.11. The highest BCUT2D eigenvalue weighted by atomic mass is 32.1. The molecule has 1 radical (unpaired) electrons. The van der Waals surface area contributed by atoms with Gasteiger partial charge in [-0.15, -0.1) is 0 Å². The van der Waals surface area contributed by atoms with E-state index in [0.29, 0.717) is 0 Å². The van der Waals surface area contributed by atoms with Crippen molar-refractivity contribution in [3.63, 3.8) is 0 Å². The maximum atomic E-state index is 7.83. The normalized spacial score (nSPS) is 7.22. The summed E-state index contributed by atoms with van der Waals surface area (Å²) in [7, 11) is 0. The summed E-state index contributed by atoms with van der Waals surface area (Å²) in [5, 5.41) is 0. The van der Waals surface area contributed by atoms with Gasteiger partial charge < -0.3 is 0 Å². The van der Waals surface area contributed by atoms with Gasteiger partial charge in [-0.3, -0.25) is 0 Å². The molecule has 0 aliphatic rings.